The predicted molar refractivity (Wildman–Crippen MR) is 93.7 cm³/mol. The van der Waals surface area contributed by atoms with Crippen molar-refractivity contribution in [1.29, 1.82) is 0 Å². The molecule has 6 heteroatoms. The molecule has 20 heavy (non-hydrogen) atoms. The Balaban J connectivity index is 2.80. The van der Waals surface area contributed by atoms with Gasteiger partial charge in [-0.25, -0.2) is 0 Å². The Kier molecular flexibility index (Phi) is 7.02. The zero-order chi connectivity index (χ0) is 15.3. The van der Waals surface area contributed by atoms with Crippen molar-refractivity contribution >= 4 is 29.7 Å². The van der Waals surface area contributed by atoms with Crippen molar-refractivity contribution < 1.29 is 9.05 Å². The third kappa shape index (κ3) is 6.15. The molecule has 0 spiro atoms. The second-order valence-electron chi connectivity index (χ2n) is 5.39. The summed E-state index contributed by atoms with van der Waals surface area (Å²) >= 11 is 9.79. The minimum atomic E-state index is -2.56. The van der Waals surface area contributed by atoms with Gasteiger partial charge in [-0.05, 0) is 55.9 Å². The molecule has 0 radical (unpaired) electrons. The highest BCUT2D eigenvalue weighted by molar-refractivity contribution is 8.60. The van der Waals surface area contributed by atoms with E-state index in [1.807, 2.05) is 32.0 Å². The van der Waals surface area contributed by atoms with Crippen molar-refractivity contribution in [2.45, 2.75) is 26.7 Å². The van der Waals surface area contributed by atoms with Gasteiger partial charge >= 0.3 is 0 Å². The lowest BCUT2D eigenvalue weighted by Crippen LogP contribution is -2.17. The molecule has 1 atom stereocenters. The largest absolute Gasteiger partial charge is 0.436 e. The van der Waals surface area contributed by atoms with Crippen LogP contribution in [0.3, 0.4) is 0 Å². The third-order valence-corrected chi connectivity index (χ3v) is 4.87. The maximum Gasteiger partial charge on any atom is 0.294 e. The summed E-state index contributed by atoms with van der Waals surface area (Å²) in [5.74, 6) is 1.17. The fourth-order valence-electron chi connectivity index (χ4n) is 1.69. The summed E-state index contributed by atoms with van der Waals surface area (Å²) in [6.45, 7) is 7.62. The Morgan fingerprint density at radius 1 is 1.35 bits per heavy atom. The molecule has 0 aromatic heterocycles. The molecule has 1 rings (SSSR count). The SMILES string of the molecule is Cc1ccc(C(C)C)c(OP(=S)(S)OCCN(C)C)c1. The quantitative estimate of drug-likeness (QED) is 0.595. The number of nitrogens with zero attached hydrogens (tertiary/aromatic N) is 1. The predicted octanol–water partition coefficient (Wildman–Crippen LogP) is 4.23. The van der Waals surface area contributed by atoms with E-state index < -0.39 is 5.69 Å². The van der Waals surface area contributed by atoms with E-state index in [4.69, 9.17) is 20.9 Å². The molecule has 0 amide bonds. The zero-order valence-corrected chi connectivity index (χ0v) is 15.4. The first kappa shape index (κ1) is 18.0. The summed E-state index contributed by atoms with van der Waals surface area (Å²) in [7, 11) is 3.98. The first-order valence-electron chi connectivity index (χ1n) is 6.63. The van der Waals surface area contributed by atoms with E-state index in [1.165, 1.54) is 0 Å². The topological polar surface area (TPSA) is 21.7 Å². The monoisotopic (exact) mass is 333 g/mol. The second-order valence-corrected chi connectivity index (χ2v) is 10.6. The van der Waals surface area contributed by atoms with Crippen molar-refractivity contribution in [3.05, 3.63) is 29.3 Å². The molecule has 0 aliphatic carbocycles. The molecule has 0 heterocycles. The molecule has 0 saturated heterocycles. The van der Waals surface area contributed by atoms with E-state index in [-0.39, 0.29) is 0 Å². The Hall–Kier alpha value is -0.0600. The van der Waals surface area contributed by atoms with E-state index in [0.29, 0.717) is 12.5 Å². The summed E-state index contributed by atoms with van der Waals surface area (Å²) in [6.07, 6.45) is 0. The highest BCUT2D eigenvalue weighted by Crippen LogP contribution is 2.54. The number of hydrogen-bond acceptors (Lipinski definition) is 4. The summed E-state index contributed by atoms with van der Waals surface area (Å²) < 4.78 is 11.6. The Bertz CT molecular complexity index is 492. The van der Waals surface area contributed by atoms with Crippen molar-refractivity contribution in [3.63, 3.8) is 0 Å². The molecule has 1 unspecified atom stereocenters. The Morgan fingerprint density at radius 2 is 2.00 bits per heavy atom. The smallest absolute Gasteiger partial charge is 0.294 e. The molecule has 0 saturated carbocycles. The number of aryl methyl sites for hydroxylation is 1. The lowest BCUT2D eigenvalue weighted by Gasteiger charge is -2.22. The minimum absolute atomic E-state index is 0.371. The van der Waals surface area contributed by atoms with E-state index in [2.05, 4.69) is 38.2 Å². The molecule has 0 N–H and O–H groups in total. The molecule has 3 nitrogen and oxygen atoms in total. The van der Waals surface area contributed by atoms with Crippen LogP contribution in [0.4, 0.5) is 0 Å². The maximum atomic E-state index is 5.91. The summed E-state index contributed by atoms with van der Waals surface area (Å²) in [6, 6.07) is 6.16. The van der Waals surface area contributed by atoms with Crippen LogP contribution in [-0.2, 0) is 16.3 Å². The number of thiol groups is 1. The lowest BCUT2D eigenvalue weighted by atomic mass is 10.0. The summed E-state index contributed by atoms with van der Waals surface area (Å²) in [4.78, 5) is 2.04. The van der Waals surface area contributed by atoms with Crippen molar-refractivity contribution in [2.75, 3.05) is 27.2 Å². The van der Waals surface area contributed by atoms with Gasteiger partial charge < -0.3 is 13.9 Å². The van der Waals surface area contributed by atoms with Gasteiger partial charge in [-0.2, -0.15) is 0 Å². The van der Waals surface area contributed by atoms with Gasteiger partial charge in [-0.15, -0.1) is 0 Å². The van der Waals surface area contributed by atoms with Crippen LogP contribution in [0.2, 0.25) is 0 Å². The van der Waals surface area contributed by atoms with E-state index in [0.717, 1.165) is 23.4 Å². The summed E-state index contributed by atoms with van der Waals surface area (Å²) in [5.41, 5.74) is -0.282. The first-order chi connectivity index (χ1) is 9.21. The van der Waals surface area contributed by atoms with Crippen LogP contribution in [-0.4, -0.2) is 32.1 Å². The van der Waals surface area contributed by atoms with Crippen LogP contribution >= 0.6 is 17.9 Å². The van der Waals surface area contributed by atoms with Gasteiger partial charge in [0.2, 0.25) is 0 Å². The minimum Gasteiger partial charge on any atom is -0.436 e. The van der Waals surface area contributed by atoms with Gasteiger partial charge in [-0.1, -0.05) is 38.2 Å². The molecule has 114 valence electrons. The van der Waals surface area contributed by atoms with Crippen LogP contribution in [0.25, 0.3) is 0 Å². The van der Waals surface area contributed by atoms with E-state index in [9.17, 15) is 0 Å². The number of rotatable bonds is 7. The van der Waals surface area contributed by atoms with Gasteiger partial charge in [0.05, 0.1) is 6.61 Å². The van der Waals surface area contributed by atoms with Gasteiger partial charge in [0, 0.05) is 6.54 Å². The standard InChI is InChI=1S/C14H24NO2PS2/c1-11(2)13-7-6-12(3)10-14(13)17-18(19,20)16-9-8-15(4)5/h6-7,10-11H,8-9H2,1-5H3,(H,19,20). The number of hydrogen-bond donors (Lipinski definition) is 1. The lowest BCUT2D eigenvalue weighted by molar-refractivity contribution is 0.267. The number of benzene rings is 1. The molecule has 0 bridgehead atoms. The fraction of sp³-hybridized carbons (Fsp3) is 0.571. The Morgan fingerprint density at radius 3 is 2.55 bits per heavy atom. The van der Waals surface area contributed by atoms with E-state index >= 15 is 0 Å². The average Bonchev–Trinajstić information content (AvgIpc) is 2.26. The molecule has 0 fully saturated rings. The molecular formula is C14H24NO2PS2. The van der Waals surface area contributed by atoms with Crippen molar-refractivity contribution in [3.8, 4) is 5.75 Å². The maximum absolute atomic E-state index is 5.91. The van der Waals surface area contributed by atoms with Gasteiger partial charge in [0.25, 0.3) is 5.69 Å². The highest BCUT2D eigenvalue weighted by atomic mass is 32.9. The molecule has 1 aromatic carbocycles. The third-order valence-electron chi connectivity index (χ3n) is 2.80. The van der Waals surface area contributed by atoms with E-state index in [1.54, 1.807) is 0 Å². The molecular weight excluding hydrogens is 309 g/mol. The van der Waals surface area contributed by atoms with Gasteiger partial charge in [0.1, 0.15) is 5.75 Å². The normalized spacial score (nSPS) is 14.6. The van der Waals surface area contributed by atoms with Crippen LogP contribution in [0, 0.1) is 6.92 Å². The van der Waals surface area contributed by atoms with Gasteiger partial charge in [-0.3, -0.25) is 0 Å². The van der Waals surface area contributed by atoms with Crippen molar-refractivity contribution in [2.24, 2.45) is 0 Å². The van der Waals surface area contributed by atoms with Crippen molar-refractivity contribution in [1.82, 2.24) is 4.90 Å². The van der Waals surface area contributed by atoms with Gasteiger partial charge in [0.15, 0.2) is 0 Å². The second kappa shape index (κ2) is 7.81. The highest BCUT2D eigenvalue weighted by Gasteiger charge is 2.18. The average molecular weight is 333 g/mol. The first-order valence-corrected chi connectivity index (χ1v) is 10.4. The summed E-state index contributed by atoms with van der Waals surface area (Å²) in [5, 5.41) is 0. The van der Waals surface area contributed by atoms with Crippen LogP contribution < -0.4 is 4.52 Å². The van der Waals surface area contributed by atoms with Crippen LogP contribution in [0.5, 0.6) is 5.75 Å². The fourth-order valence-corrected chi connectivity index (χ4v) is 3.43. The Labute approximate surface area is 133 Å². The molecule has 0 aliphatic rings. The number of likely N-dealkylation sites (N-methyl/N-ethyl adjacent to an activating group) is 1. The zero-order valence-electron chi connectivity index (χ0n) is 12.8. The van der Waals surface area contributed by atoms with Crippen LogP contribution in [0.15, 0.2) is 18.2 Å². The van der Waals surface area contributed by atoms with Crippen LogP contribution in [0.1, 0.15) is 30.9 Å². The molecule has 1 aromatic rings. The molecule has 0 aliphatic heterocycles.